The molecule has 0 aliphatic heterocycles. The van der Waals surface area contributed by atoms with Gasteiger partial charge in [-0.3, -0.25) is 20.9 Å². The Labute approximate surface area is 107 Å². The molecule has 0 aliphatic rings. The van der Waals surface area contributed by atoms with Crippen LogP contribution in [0.1, 0.15) is 29.3 Å². The van der Waals surface area contributed by atoms with Gasteiger partial charge in [-0.25, -0.2) is 0 Å². The molecule has 1 unspecified atom stereocenters. The minimum absolute atomic E-state index is 0.142. The fraction of sp³-hybridized carbons (Fsp3) is 0.385. The molecule has 2 heterocycles. The van der Waals surface area contributed by atoms with Gasteiger partial charge in [0.05, 0.1) is 0 Å². The number of pyridine rings is 1. The van der Waals surface area contributed by atoms with Crippen molar-refractivity contribution < 1.29 is 0 Å². The third kappa shape index (κ3) is 2.75. The van der Waals surface area contributed by atoms with Gasteiger partial charge in [-0.2, -0.15) is 5.10 Å². The number of nitrogens with zero attached hydrogens (tertiary/aromatic N) is 3. The highest BCUT2D eigenvalue weighted by atomic mass is 15.3. The molecule has 0 fully saturated rings. The Morgan fingerprint density at radius 3 is 2.83 bits per heavy atom. The van der Waals surface area contributed by atoms with E-state index >= 15 is 0 Å². The van der Waals surface area contributed by atoms with E-state index < -0.39 is 0 Å². The van der Waals surface area contributed by atoms with Crippen molar-refractivity contribution in [3.05, 3.63) is 47.5 Å². The zero-order chi connectivity index (χ0) is 13.0. The van der Waals surface area contributed by atoms with Crippen molar-refractivity contribution in [3.8, 4) is 0 Å². The SMILES string of the molecule is Cc1cnccc1C(CCc1ccnn1C)NN. The molecule has 0 saturated carbocycles. The van der Waals surface area contributed by atoms with E-state index in [0.29, 0.717) is 0 Å². The Balaban J connectivity index is 2.07. The van der Waals surface area contributed by atoms with Crippen molar-refractivity contribution in [3.63, 3.8) is 0 Å². The normalized spacial score (nSPS) is 12.6. The van der Waals surface area contributed by atoms with Gasteiger partial charge in [-0.1, -0.05) is 0 Å². The Morgan fingerprint density at radius 1 is 1.39 bits per heavy atom. The van der Waals surface area contributed by atoms with Crippen molar-refractivity contribution in [2.24, 2.45) is 12.9 Å². The minimum atomic E-state index is 0.142. The molecule has 1 atom stereocenters. The van der Waals surface area contributed by atoms with Crippen LogP contribution in [-0.2, 0) is 13.5 Å². The summed E-state index contributed by atoms with van der Waals surface area (Å²) in [6.07, 6.45) is 7.35. The molecular formula is C13H19N5. The monoisotopic (exact) mass is 245 g/mol. The molecule has 0 spiro atoms. The van der Waals surface area contributed by atoms with Gasteiger partial charge in [0.15, 0.2) is 0 Å². The van der Waals surface area contributed by atoms with Gasteiger partial charge in [0.25, 0.3) is 0 Å². The maximum Gasteiger partial charge on any atom is 0.0492 e. The molecule has 0 bridgehead atoms. The van der Waals surface area contributed by atoms with Crippen LogP contribution in [0.15, 0.2) is 30.7 Å². The maximum atomic E-state index is 5.66. The van der Waals surface area contributed by atoms with E-state index in [2.05, 4.69) is 22.4 Å². The highest BCUT2D eigenvalue weighted by Crippen LogP contribution is 2.20. The highest BCUT2D eigenvalue weighted by molar-refractivity contribution is 5.25. The van der Waals surface area contributed by atoms with Gasteiger partial charge in [0.2, 0.25) is 0 Å². The number of aryl methyl sites for hydroxylation is 3. The van der Waals surface area contributed by atoms with Gasteiger partial charge in [0.1, 0.15) is 0 Å². The molecule has 2 aromatic heterocycles. The maximum absolute atomic E-state index is 5.66. The summed E-state index contributed by atoms with van der Waals surface area (Å²) in [4.78, 5) is 4.10. The second-order valence-electron chi connectivity index (χ2n) is 4.44. The predicted molar refractivity (Wildman–Crippen MR) is 70.6 cm³/mol. The fourth-order valence-corrected chi connectivity index (χ4v) is 2.14. The Kier molecular flexibility index (Phi) is 4.07. The summed E-state index contributed by atoms with van der Waals surface area (Å²) < 4.78 is 1.90. The zero-order valence-corrected chi connectivity index (χ0v) is 10.8. The molecule has 5 nitrogen and oxygen atoms in total. The van der Waals surface area contributed by atoms with Gasteiger partial charge in [-0.15, -0.1) is 0 Å². The minimum Gasteiger partial charge on any atom is -0.273 e. The molecule has 0 amide bonds. The summed E-state index contributed by atoms with van der Waals surface area (Å²) >= 11 is 0. The van der Waals surface area contributed by atoms with Crippen molar-refractivity contribution in [2.45, 2.75) is 25.8 Å². The standard InChI is InChI=1S/C13H19N5/c1-10-9-15-7-6-12(10)13(17-14)4-3-11-5-8-16-18(11)2/h5-9,13,17H,3-4,14H2,1-2H3. The second kappa shape index (κ2) is 5.75. The Hall–Kier alpha value is -1.72. The Bertz CT molecular complexity index is 506. The van der Waals surface area contributed by atoms with Gasteiger partial charge in [0, 0.05) is 37.4 Å². The van der Waals surface area contributed by atoms with Crippen LogP contribution in [0.4, 0.5) is 0 Å². The van der Waals surface area contributed by atoms with E-state index in [0.717, 1.165) is 18.4 Å². The smallest absolute Gasteiger partial charge is 0.0492 e. The first kappa shape index (κ1) is 12.7. The van der Waals surface area contributed by atoms with Gasteiger partial charge in [-0.05, 0) is 43.0 Å². The van der Waals surface area contributed by atoms with E-state index in [-0.39, 0.29) is 6.04 Å². The summed E-state index contributed by atoms with van der Waals surface area (Å²) in [5.74, 6) is 5.66. The van der Waals surface area contributed by atoms with Crippen molar-refractivity contribution in [1.29, 1.82) is 0 Å². The number of hydrogen-bond donors (Lipinski definition) is 2. The van der Waals surface area contributed by atoms with Crippen LogP contribution in [0.25, 0.3) is 0 Å². The average molecular weight is 245 g/mol. The predicted octanol–water partition coefficient (Wildman–Crippen LogP) is 1.26. The summed E-state index contributed by atoms with van der Waals surface area (Å²) in [6.45, 7) is 2.05. The van der Waals surface area contributed by atoms with Crippen molar-refractivity contribution in [2.75, 3.05) is 0 Å². The molecule has 2 aromatic rings. The highest BCUT2D eigenvalue weighted by Gasteiger charge is 2.12. The van der Waals surface area contributed by atoms with Crippen LogP contribution in [-0.4, -0.2) is 14.8 Å². The van der Waals surface area contributed by atoms with E-state index in [9.17, 15) is 0 Å². The largest absolute Gasteiger partial charge is 0.273 e. The number of hydrazine groups is 1. The van der Waals surface area contributed by atoms with E-state index in [1.165, 1.54) is 11.3 Å². The summed E-state index contributed by atoms with van der Waals surface area (Å²) in [5, 5.41) is 4.17. The molecule has 0 saturated heterocycles. The molecule has 2 rings (SSSR count). The molecule has 3 N–H and O–H groups in total. The van der Waals surface area contributed by atoms with Crippen LogP contribution in [0, 0.1) is 6.92 Å². The first-order chi connectivity index (χ1) is 8.72. The van der Waals surface area contributed by atoms with E-state index in [1.54, 1.807) is 6.20 Å². The first-order valence-corrected chi connectivity index (χ1v) is 6.06. The number of hydrogen-bond acceptors (Lipinski definition) is 4. The second-order valence-corrected chi connectivity index (χ2v) is 4.44. The number of nitrogens with one attached hydrogen (secondary N) is 1. The third-order valence-electron chi connectivity index (χ3n) is 3.25. The molecule has 0 radical (unpaired) electrons. The van der Waals surface area contributed by atoms with Crippen LogP contribution in [0.5, 0.6) is 0 Å². The topological polar surface area (TPSA) is 68.8 Å². The Morgan fingerprint density at radius 2 is 2.22 bits per heavy atom. The number of nitrogens with two attached hydrogens (primary N) is 1. The van der Waals surface area contributed by atoms with Crippen LogP contribution >= 0.6 is 0 Å². The molecule has 96 valence electrons. The van der Waals surface area contributed by atoms with E-state index in [4.69, 9.17) is 5.84 Å². The molecule has 5 heteroatoms. The van der Waals surface area contributed by atoms with Gasteiger partial charge >= 0.3 is 0 Å². The summed E-state index contributed by atoms with van der Waals surface area (Å²) in [6, 6.07) is 4.19. The van der Waals surface area contributed by atoms with Crippen LogP contribution in [0.2, 0.25) is 0 Å². The van der Waals surface area contributed by atoms with Crippen molar-refractivity contribution >= 4 is 0 Å². The zero-order valence-electron chi connectivity index (χ0n) is 10.8. The summed E-state index contributed by atoms with van der Waals surface area (Å²) in [7, 11) is 1.96. The lowest BCUT2D eigenvalue weighted by molar-refractivity contribution is 0.504. The third-order valence-corrected chi connectivity index (χ3v) is 3.25. The number of rotatable bonds is 5. The number of aromatic nitrogens is 3. The van der Waals surface area contributed by atoms with Crippen LogP contribution < -0.4 is 11.3 Å². The molecule has 0 aromatic carbocycles. The fourth-order valence-electron chi connectivity index (χ4n) is 2.14. The molecule has 18 heavy (non-hydrogen) atoms. The average Bonchev–Trinajstić information content (AvgIpc) is 2.78. The van der Waals surface area contributed by atoms with Gasteiger partial charge < -0.3 is 0 Å². The first-order valence-electron chi connectivity index (χ1n) is 6.06. The molecule has 0 aliphatic carbocycles. The van der Waals surface area contributed by atoms with E-state index in [1.807, 2.05) is 36.3 Å². The summed E-state index contributed by atoms with van der Waals surface area (Å²) in [5.41, 5.74) is 6.46. The molecular weight excluding hydrogens is 226 g/mol. The lowest BCUT2D eigenvalue weighted by atomic mass is 9.99. The van der Waals surface area contributed by atoms with Crippen LogP contribution in [0.3, 0.4) is 0 Å². The van der Waals surface area contributed by atoms with Crippen molar-refractivity contribution in [1.82, 2.24) is 20.2 Å². The lowest BCUT2D eigenvalue weighted by Crippen LogP contribution is -2.29. The lowest BCUT2D eigenvalue weighted by Gasteiger charge is -2.18. The quantitative estimate of drug-likeness (QED) is 0.614.